The minimum Gasteiger partial charge on any atom is -0.466 e. The number of esters is 1. The first kappa shape index (κ1) is 70.6. The number of allylic oxidation sites excluding steroid dienone is 2. The van der Waals surface area contributed by atoms with Crippen molar-refractivity contribution in [1.29, 1.82) is 0 Å². The second-order valence-corrected chi connectivity index (χ2v) is 22.8. The summed E-state index contributed by atoms with van der Waals surface area (Å²) in [6.07, 6.45) is 75.2. The monoisotopic (exact) mass is 1020 g/mol. The number of hydrogen-bond donors (Lipinski definition) is 3. The number of nitrogens with one attached hydrogen (secondary N) is 1. The number of carbonyl (C=O) groups excluding carboxylic acids is 2. The van der Waals surface area contributed by atoms with Gasteiger partial charge in [0.15, 0.2) is 0 Å². The van der Waals surface area contributed by atoms with E-state index in [1.54, 1.807) is 0 Å². The van der Waals surface area contributed by atoms with Gasteiger partial charge >= 0.3 is 5.97 Å². The van der Waals surface area contributed by atoms with Gasteiger partial charge in [-0.3, -0.25) is 9.59 Å². The molecule has 72 heavy (non-hydrogen) atoms. The van der Waals surface area contributed by atoms with Gasteiger partial charge in [0, 0.05) is 12.8 Å². The van der Waals surface area contributed by atoms with Crippen molar-refractivity contribution in [1.82, 2.24) is 5.32 Å². The summed E-state index contributed by atoms with van der Waals surface area (Å²) >= 11 is 0. The van der Waals surface area contributed by atoms with Crippen LogP contribution in [0.15, 0.2) is 12.2 Å². The largest absolute Gasteiger partial charge is 0.466 e. The van der Waals surface area contributed by atoms with Gasteiger partial charge in [-0.15, -0.1) is 0 Å². The number of unbranched alkanes of at least 4 members (excludes halogenated alkanes) is 49. The van der Waals surface area contributed by atoms with E-state index in [9.17, 15) is 19.8 Å². The van der Waals surface area contributed by atoms with E-state index in [2.05, 4.69) is 31.3 Å². The zero-order valence-corrected chi connectivity index (χ0v) is 48.9. The van der Waals surface area contributed by atoms with Crippen LogP contribution in [-0.4, -0.2) is 47.4 Å². The van der Waals surface area contributed by atoms with E-state index in [1.807, 2.05) is 0 Å². The molecule has 0 aliphatic heterocycles. The molecule has 0 heterocycles. The third-order valence-corrected chi connectivity index (χ3v) is 15.6. The van der Waals surface area contributed by atoms with Crippen LogP contribution in [0.2, 0.25) is 0 Å². The van der Waals surface area contributed by atoms with Gasteiger partial charge in [-0.25, -0.2) is 0 Å². The Labute approximate surface area is 450 Å². The van der Waals surface area contributed by atoms with Crippen molar-refractivity contribution in [2.45, 2.75) is 386 Å². The predicted molar refractivity (Wildman–Crippen MR) is 315 cm³/mol. The summed E-state index contributed by atoms with van der Waals surface area (Å²) in [6, 6.07) is -0.547. The molecular weight excluding hydrogens is 887 g/mol. The van der Waals surface area contributed by atoms with Crippen molar-refractivity contribution in [2.24, 2.45) is 0 Å². The number of amides is 1. The van der Waals surface area contributed by atoms with Crippen molar-refractivity contribution < 1.29 is 24.5 Å². The maximum Gasteiger partial charge on any atom is 0.305 e. The first-order valence-electron chi connectivity index (χ1n) is 32.9. The van der Waals surface area contributed by atoms with E-state index >= 15 is 0 Å². The number of aliphatic hydroxyl groups is 2. The van der Waals surface area contributed by atoms with Crippen molar-refractivity contribution in [3.63, 3.8) is 0 Å². The van der Waals surface area contributed by atoms with Crippen LogP contribution in [0.25, 0.3) is 0 Å². The minimum absolute atomic E-state index is 0.0121. The molecule has 0 rings (SSSR count). The summed E-state index contributed by atoms with van der Waals surface area (Å²) in [7, 11) is 0. The molecule has 2 unspecified atom stereocenters. The Morgan fingerprint density at radius 1 is 0.375 bits per heavy atom. The number of hydrogen-bond acceptors (Lipinski definition) is 5. The quantitative estimate of drug-likeness (QED) is 0.0320. The lowest BCUT2D eigenvalue weighted by Gasteiger charge is -2.22. The Morgan fingerprint density at radius 3 is 0.986 bits per heavy atom. The first-order chi connectivity index (χ1) is 35.5. The molecule has 3 N–H and O–H groups in total. The number of ether oxygens (including phenoxy) is 1. The van der Waals surface area contributed by atoms with Crippen LogP contribution in [-0.2, 0) is 14.3 Å². The Balaban J connectivity index is 3.41. The van der Waals surface area contributed by atoms with Gasteiger partial charge in [0.1, 0.15) is 0 Å². The summed E-state index contributed by atoms with van der Waals surface area (Å²) in [5.74, 6) is -0.0267. The molecule has 0 aromatic heterocycles. The Morgan fingerprint density at radius 2 is 0.653 bits per heavy atom. The average Bonchev–Trinajstić information content (AvgIpc) is 3.38. The van der Waals surface area contributed by atoms with Crippen LogP contribution in [0.1, 0.15) is 373 Å². The molecule has 2 atom stereocenters. The molecule has 6 nitrogen and oxygen atoms in total. The molecular formula is C66H129NO5. The van der Waals surface area contributed by atoms with Gasteiger partial charge in [-0.2, -0.15) is 0 Å². The highest BCUT2D eigenvalue weighted by molar-refractivity contribution is 5.76. The highest BCUT2D eigenvalue weighted by Crippen LogP contribution is 2.18. The number of carbonyl (C=O) groups is 2. The molecule has 6 heteroatoms. The van der Waals surface area contributed by atoms with Crippen LogP contribution in [0.3, 0.4) is 0 Å². The Bertz CT molecular complexity index is 1080. The summed E-state index contributed by atoms with van der Waals surface area (Å²) in [5.41, 5.74) is 0. The molecule has 0 aromatic rings. The second kappa shape index (κ2) is 62.1. The molecule has 0 aliphatic carbocycles. The van der Waals surface area contributed by atoms with Gasteiger partial charge in [0.2, 0.25) is 5.91 Å². The van der Waals surface area contributed by atoms with Crippen LogP contribution in [0, 0.1) is 0 Å². The predicted octanol–water partition coefficient (Wildman–Crippen LogP) is 20.8. The zero-order chi connectivity index (χ0) is 52.2. The molecule has 0 saturated carbocycles. The molecule has 0 saturated heterocycles. The van der Waals surface area contributed by atoms with Crippen molar-refractivity contribution in [2.75, 3.05) is 13.2 Å². The standard InChI is InChI=1S/C66H129NO5/c1-3-5-7-9-11-13-15-17-19-20-24-27-31-34-38-42-46-50-54-58-64(69)63(62-68)67-65(70)59-55-51-47-43-39-35-32-28-25-22-21-23-26-29-33-37-41-45-49-53-57-61-72-66(71)60-56-52-48-44-40-36-30-18-16-14-12-10-8-6-4-2/h22,25,63-64,68-69H,3-21,23-24,26-62H2,1-2H3,(H,67,70)/b25-22-. The molecule has 0 aliphatic rings. The molecule has 428 valence electrons. The van der Waals surface area contributed by atoms with E-state index in [4.69, 9.17) is 4.74 Å². The molecule has 0 spiro atoms. The van der Waals surface area contributed by atoms with E-state index in [0.717, 1.165) is 38.5 Å². The lowest BCUT2D eigenvalue weighted by atomic mass is 10.0. The van der Waals surface area contributed by atoms with E-state index < -0.39 is 12.1 Å². The van der Waals surface area contributed by atoms with Gasteiger partial charge in [0.25, 0.3) is 0 Å². The zero-order valence-electron chi connectivity index (χ0n) is 48.9. The third kappa shape index (κ3) is 57.9. The Hall–Kier alpha value is -1.40. The highest BCUT2D eigenvalue weighted by atomic mass is 16.5. The molecule has 1 amide bonds. The third-order valence-electron chi connectivity index (χ3n) is 15.6. The number of aliphatic hydroxyl groups excluding tert-OH is 2. The fourth-order valence-corrected chi connectivity index (χ4v) is 10.5. The van der Waals surface area contributed by atoms with Gasteiger partial charge in [0.05, 0.1) is 25.4 Å². The van der Waals surface area contributed by atoms with E-state index in [-0.39, 0.29) is 18.5 Å². The fraction of sp³-hybridized carbons (Fsp3) is 0.939. The maximum atomic E-state index is 12.5. The fourth-order valence-electron chi connectivity index (χ4n) is 10.5. The van der Waals surface area contributed by atoms with Crippen molar-refractivity contribution >= 4 is 11.9 Å². The van der Waals surface area contributed by atoms with Crippen molar-refractivity contribution in [3.8, 4) is 0 Å². The van der Waals surface area contributed by atoms with Crippen LogP contribution < -0.4 is 5.32 Å². The van der Waals surface area contributed by atoms with Crippen LogP contribution >= 0.6 is 0 Å². The van der Waals surface area contributed by atoms with Gasteiger partial charge in [-0.1, -0.05) is 321 Å². The molecule has 0 aromatic carbocycles. The summed E-state index contributed by atoms with van der Waals surface area (Å²) in [5, 5.41) is 23.4. The van der Waals surface area contributed by atoms with E-state index in [1.165, 1.54) is 302 Å². The van der Waals surface area contributed by atoms with Gasteiger partial charge < -0.3 is 20.3 Å². The molecule has 0 fully saturated rings. The van der Waals surface area contributed by atoms with Crippen molar-refractivity contribution in [3.05, 3.63) is 12.2 Å². The first-order valence-corrected chi connectivity index (χ1v) is 32.9. The summed E-state index contributed by atoms with van der Waals surface area (Å²) < 4.78 is 5.49. The maximum absolute atomic E-state index is 12.5. The van der Waals surface area contributed by atoms with Crippen LogP contribution in [0.5, 0.6) is 0 Å². The summed E-state index contributed by atoms with van der Waals surface area (Å²) in [4.78, 5) is 24.6. The SMILES string of the molecule is CCCCCCCCCCCCCCCCCCCCCC(O)C(CO)NC(=O)CCCCCCCCC/C=C\CCCCCCCCCCCCOC(=O)CCCCCCCCCCCCCCCCC. The topological polar surface area (TPSA) is 95.9 Å². The van der Waals surface area contributed by atoms with E-state index in [0.29, 0.717) is 25.9 Å². The summed E-state index contributed by atoms with van der Waals surface area (Å²) in [6.45, 7) is 4.98. The lowest BCUT2D eigenvalue weighted by Crippen LogP contribution is -2.45. The average molecular weight is 1020 g/mol. The Kier molecular flexibility index (Phi) is 60.9. The second-order valence-electron chi connectivity index (χ2n) is 22.8. The van der Waals surface area contributed by atoms with Crippen LogP contribution in [0.4, 0.5) is 0 Å². The highest BCUT2D eigenvalue weighted by Gasteiger charge is 2.20. The van der Waals surface area contributed by atoms with Gasteiger partial charge in [-0.05, 0) is 51.4 Å². The molecule has 0 radical (unpaired) electrons. The minimum atomic E-state index is -0.669. The molecule has 0 bridgehead atoms. The lowest BCUT2D eigenvalue weighted by molar-refractivity contribution is -0.143. The number of rotatable bonds is 62. The smallest absolute Gasteiger partial charge is 0.305 e. The normalized spacial score (nSPS) is 12.6.